The molecule has 0 saturated carbocycles. The Morgan fingerprint density at radius 2 is 1.96 bits per heavy atom. The maximum absolute atomic E-state index is 12.9. The molecule has 2 aromatic rings. The van der Waals surface area contributed by atoms with Gasteiger partial charge in [-0.15, -0.1) is 0 Å². The number of nitrogens with one attached hydrogen (secondary N) is 1. The Hall–Kier alpha value is -2.65. The van der Waals surface area contributed by atoms with Crippen LogP contribution in [0.25, 0.3) is 0 Å². The Morgan fingerprint density at radius 1 is 1.29 bits per heavy atom. The SMILES string of the molecule is CCC(C(=O)Nc1cccc(Cl)c1)N(c1cc([N+](=O)[O-])ccc1C)S(C)(=O)=O. The normalized spacial score (nSPS) is 12.3. The third-order valence-electron chi connectivity index (χ3n) is 4.06. The summed E-state index contributed by atoms with van der Waals surface area (Å²) in [5.41, 5.74) is 0.731. The summed E-state index contributed by atoms with van der Waals surface area (Å²) in [5, 5.41) is 14.2. The van der Waals surface area contributed by atoms with Crippen molar-refractivity contribution in [2.24, 2.45) is 0 Å². The number of hydrogen-bond acceptors (Lipinski definition) is 5. The van der Waals surface area contributed by atoms with Gasteiger partial charge in [0.1, 0.15) is 6.04 Å². The van der Waals surface area contributed by atoms with Crippen molar-refractivity contribution >= 4 is 44.6 Å². The van der Waals surface area contributed by atoms with Crippen LogP contribution in [0.3, 0.4) is 0 Å². The fraction of sp³-hybridized carbons (Fsp3) is 0.278. The summed E-state index contributed by atoms with van der Waals surface area (Å²) >= 11 is 5.92. The monoisotopic (exact) mass is 425 g/mol. The van der Waals surface area contributed by atoms with Gasteiger partial charge in [-0.25, -0.2) is 8.42 Å². The largest absolute Gasteiger partial charge is 0.324 e. The van der Waals surface area contributed by atoms with Gasteiger partial charge in [-0.2, -0.15) is 0 Å². The number of benzene rings is 2. The van der Waals surface area contributed by atoms with E-state index in [2.05, 4.69) is 5.32 Å². The summed E-state index contributed by atoms with van der Waals surface area (Å²) in [5.74, 6) is -0.568. The molecule has 1 unspecified atom stereocenters. The first-order valence-corrected chi connectivity index (χ1v) is 10.6. The van der Waals surface area contributed by atoms with E-state index < -0.39 is 26.9 Å². The maximum Gasteiger partial charge on any atom is 0.271 e. The number of rotatable bonds is 7. The maximum atomic E-state index is 12.9. The standard InChI is InChI=1S/C18H20ClN3O5S/c1-4-16(18(23)20-14-7-5-6-13(19)10-14)21(28(3,26)27)17-11-15(22(24)25)9-8-12(17)2/h5-11,16H,4H2,1-3H3,(H,20,23). The number of nitrogens with zero attached hydrogens (tertiary/aromatic N) is 2. The lowest BCUT2D eigenvalue weighted by Crippen LogP contribution is -2.47. The molecule has 1 atom stereocenters. The first-order valence-electron chi connectivity index (χ1n) is 8.35. The fourth-order valence-corrected chi connectivity index (χ4v) is 4.23. The van der Waals surface area contributed by atoms with E-state index in [1.165, 1.54) is 18.2 Å². The van der Waals surface area contributed by atoms with Crippen LogP contribution in [0.4, 0.5) is 17.1 Å². The van der Waals surface area contributed by atoms with Crippen molar-refractivity contribution in [3.63, 3.8) is 0 Å². The van der Waals surface area contributed by atoms with Gasteiger partial charge in [0, 0.05) is 22.8 Å². The van der Waals surface area contributed by atoms with E-state index in [0.717, 1.165) is 16.6 Å². The zero-order valence-corrected chi connectivity index (χ0v) is 17.1. The highest BCUT2D eigenvalue weighted by Gasteiger charge is 2.33. The highest BCUT2D eigenvalue weighted by Crippen LogP contribution is 2.30. The highest BCUT2D eigenvalue weighted by molar-refractivity contribution is 7.92. The number of anilines is 2. The second-order valence-corrected chi connectivity index (χ2v) is 8.51. The molecule has 0 heterocycles. The van der Waals surface area contributed by atoms with Crippen LogP contribution in [0.5, 0.6) is 0 Å². The topological polar surface area (TPSA) is 110 Å². The molecule has 0 bridgehead atoms. The highest BCUT2D eigenvalue weighted by atomic mass is 35.5. The minimum atomic E-state index is -3.92. The van der Waals surface area contributed by atoms with E-state index in [0.29, 0.717) is 16.3 Å². The molecular formula is C18H20ClN3O5S. The van der Waals surface area contributed by atoms with Gasteiger partial charge in [0.25, 0.3) is 5.69 Å². The van der Waals surface area contributed by atoms with Crippen LogP contribution in [0.1, 0.15) is 18.9 Å². The average molecular weight is 426 g/mol. The Bertz CT molecular complexity index is 1010. The Morgan fingerprint density at radius 3 is 2.50 bits per heavy atom. The minimum Gasteiger partial charge on any atom is -0.324 e. The zero-order chi connectivity index (χ0) is 21.1. The Kier molecular flexibility index (Phi) is 6.63. The number of hydrogen-bond donors (Lipinski definition) is 1. The van der Waals surface area contributed by atoms with E-state index in [9.17, 15) is 23.3 Å². The first kappa shape index (κ1) is 21.6. The van der Waals surface area contributed by atoms with E-state index in [1.807, 2.05) is 0 Å². The Balaban J connectivity index is 2.50. The summed E-state index contributed by atoms with van der Waals surface area (Å²) in [4.78, 5) is 23.4. The fourth-order valence-electron chi connectivity index (χ4n) is 2.78. The van der Waals surface area contributed by atoms with Crippen LogP contribution in [-0.4, -0.2) is 31.5 Å². The molecule has 2 aromatic carbocycles. The number of amides is 1. The molecule has 0 radical (unpaired) electrons. The predicted octanol–water partition coefficient (Wildman–Crippen LogP) is 3.74. The quantitative estimate of drug-likeness (QED) is 0.536. The molecule has 8 nitrogen and oxygen atoms in total. The van der Waals surface area contributed by atoms with Crippen molar-refractivity contribution in [2.45, 2.75) is 26.3 Å². The third-order valence-corrected chi connectivity index (χ3v) is 5.46. The lowest BCUT2D eigenvalue weighted by atomic mass is 10.1. The third kappa shape index (κ3) is 4.99. The van der Waals surface area contributed by atoms with E-state index in [1.54, 1.807) is 32.0 Å². The first-order chi connectivity index (χ1) is 13.0. The number of nitro benzene ring substituents is 1. The van der Waals surface area contributed by atoms with Crippen LogP contribution in [0, 0.1) is 17.0 Å². The summed E-state index contributed by atoms with van der Waals surface area (Å²) < 4.78 is 26.0. The number of aryl methyl sites for hydroxylation is 1. The number of nitro groups is 1. The van der Waals surface area contributed by atoms with E-state index >= 15 is 0 Å². The molecule has 0 aliphatic rings. The van der Waals surface area contributed by atoms with Crippen molar-refractivity contribution in [2.75, 3.05) is 15.9 Å². The number of sulfonamides is 1. The van der Waals surface area contributed by atoms with Gasteiger partial charge < -0.3 is 5.32 Å². The molecule has 28 heavy (non-hydrogen) atoms. The molecule has 0 spiro atoms. The van der Waals surface area contributed by atoms with Gasteiger partial charge in [0.05, 0.1) is 16.9 Å². The predicted molar refractivity (Wildman–Crippen MR) is 109 cm³/mol. The van der Waals surface area contributed by atoms with Crippen molar-refractivity contribution in [1.82, 2.24) is 0 Å². The molecule has 0 aliphatic heterocycles. The van der Waals surface area contributed by atoms with Crippen molar-refractivity contribution < 1.29 is 18.1 Å². The van der Waals surface area contributed by atoms with E-state index in [-0.39, 0.29) is 17.8 Å². The molecule has 2 rings (SSSR count). The summed E-state index contributed by atoms with van der Waals surface area (Å²) in [6.45, 7) is 3.28. The van der Waals surface area contributed by atoms with Crippen molar-refractivity contribution in [3.8, 4) is 0 Å². The molecule has 10 heteroatoms. The average Bonchev–Trinajstić information content (AvgIpc) is 2.59. The van der Waals surface area contributed by atoms with Gasteiger partial charge in [-0.05, 0) is 37.1 Å². The second-order valence-electron chi connectivity index (χ2n) is 6.21. The van der Waals surface area contributed by atoms with Crippen molar-refractivity contribution in [1.29, 1.82) is 0 Å². The van der Waals surface area contributed by atoms with Crippen LogP contribution < -0.4 is 9.62 Å². The molecular weight excluding hydrogens is 406 g/mol. The lowest BCUT2D eigenvalue weighted by Gasteiger charge is -2.31. The van der Waals surface area contributed by atoms with Crippen LogP contribution in [-0.2, 0) is 14.8 Å². The van der Waals surface area contributed by atoms with Crippen LogP contribution in [0.2, 0.25) is 5.02 Å². The number of carbonyl (C=O) groups excluding carboxylic acids is 1. The number of carbonyl (C=O) groups is 1. The number of non-ortho nitro benzene ring substituents is 1. The molecule has 1 amide bonds. The molecule has 0 fully saturated rings. The second kappa shape index (κ2) is 8.57. The summed E-state index contributed by atoms with van der Waals surface area (Å²) in [6, 6.07) is 9.25. The Labute approximate surface area is 168 Å². The van der Waals surface area contributed by atoms with Crippen LogP contribution >= 0.6 is 11.6 Å². The lowest BCUT2D eigenvalue weighted by molar-refractivity contribution is -0.384. The summed E-state index contributed by atoms with van der Waals surface area (Å²) in [7, 11) is -3.92. The van der Waals surface area contributed by atoms with E-state index in [4.69, 9.17) is 11.6 Å². The van der Waals surface area contributed by atoms with Gasteiger partial charge in [0.2, 0.25) is 15.9 Å². The van der Waals surface area contributed by atoms with Gasteiger partial charge in [-0.1, -0.05) is 30.7 Å². The van der Waals surface area contributed by atoms with Crippen molar-refractivity contribution in [3.05, 3.63) is 63.2 Å². The van der Waals surface area contributed by atoms with Gasteiger partial charge in [-0.3, -0.25) is 19.2 Å². The molecule has 150 valence electrons. The molecule has 0 aromatic heterocycles. The molecule has 0 saturated heterocycles. The zero-order valence-electron chi connectivity index (χ0n) is 15.5. The van der Waals surface area contributed by atoms with Gasteiger partial charge in [0.15, 0.2) is 0 Å². The van der Waals surface area contributed by atoms with Crippen LogP contribution in [0.15, 0.2) is 42.5 Å². The molecule has 1 N–H and O–H groups in total. The summed E-state index contributed by atoms with van der Waals surface area (Å²) in [6.07, 6.45) is 1.11. The molecule has 0 aliphatic carbocycles. The minimum absolute atomic E-state index is 0.0878. The smallest absolute Gasteiger partial charge is 0.271 e. The number of halogens is 1. The van der Waals surface area contributed by atoms with Gasteiger partial charge >= 0.3 is 0 Å².